The van der Waals surface area contributed by atoms with E-state index in [-0.39, 0.29) is 24.0 Å². The Kier molecular flexibility index (Phi) is 5.12. The first kappa shape index (κ1) is 15.0. The van der Waals surface area contributed by atoms with Crippen LogP contribution in [0.5, 0.6) is 0 Å². The first-order valence-corrected chi connectivity index (χ1v) is 7.32. The minimum atomic E-state index is -0.478. The molecule has 20 heavy (non-hydrogen) atoms. The van der Waals surface area contributed by atoms with E-state index in [0.29, 0.717) is 12.2 Å². The fourth-order valence-corrected chi connectivity index (χ4v) is 3.10. The molecule has 1 saturated carbocycles. The Bertz CT molecular complexity index is 470. The lowest BCUT2D eigenvalue weighted by atomic mass is 9.93. The molecule has 1 aromatic rings. The number of carbonyl (C=O) groups is 1. The number of hydrogen-bond donors (Lipinski definition) is 1. The monoisotopic (exact) mass is 279 g/mol. The van der Waals surface area contributed by atoms with Gasteiger partial charge in [-0.05, 0) is 31.9 Å². The third-order valence-electron chi connectivity index (χ3n) is 4.01. The molecule has 1 aromatic carbocycles. The van der Waals surface area contributed by atoms with Gasteiger partial charge in [0.05, 0.1) is 17.9 Å². The molecule has 1 aliphatic carbocycles. The molecule has 0 bridgehead atoms. The Morgan fingerprint density at radius 2 is 2.05 bits per heavy atom. The molecule has 0 atom stereocenters. The van der Waals surface area contributed by atoms with Gasteiger partial charge in [-0.1, -0.05) is 25.3 Å². The van der Waals surface area contributed by atoms with Gasteiger partial charge in [0.1, 0.15) is 5.82 Å². The number of Topliss-reactive ketones (excluding diaryl/α,β-unsaturated/α-hetero) is 1. The number of halogens is 1. The first-order chi connectivity index (χ1) is 9.65. The summed E-state index contributed by atoms with van der Waals surface area (Å²) in [5.41, 5.74) is 0.768. The van der Waals surface area contributed by atoms with Crippen molar-refractivity contribution in [2.45, 2.75) is 45.1 Å². The van der Waals surface area contributed by atoms with Crippen LogP contribution in [0, 0.1) is 5.82 Å². The molecule has 4 heteroatoms. The predicted octanol–water partition coefficient (Wildman–Crippen LogP) is 3.16. The van der Waals surface area contributed by atoms with E-state index in [1.165, 1.54) is 19.4 Å². The van der Waals surface area contributed by atoms with E-state index in [1.54, 1.807) is 12.1 Å². The molecular formula is C16H22FNO2. The zero-order chi connectivity index (χ0) is 14.5. The Labute approximate surface area is 119 Å². The summed E-state index contributed by atoms with van der Waals surface area (Å²) in [4.78, 5) is 13.8. The normalized spacial score (nSPS) is 16.1. The van der Waals surface area contributed by atoms with Crippen LogP contribution in [0.15, 0.2) is 18.2 Å². The molecule has 0 radical (unpaired) electrons. The average molecular weight is 279 g/mol. The summed E-state index contributed by atoms with van der Waals surface area (Å²) in [7, 11) is 0. The smallest absolute Gasteiger partial charge is 0.164 e. The van der Waals surface area contributed by atoms with Crippen LogP contribution in [0.2, 0.25) is 0 Å². The van der Waals surface area contributed by atoms with Crippen molar-refractivity contribution in [3.8, 4) is 0 Å². The molecule has 1 fully saturated rings. The summed E-state index contributed by atoms with van der Waals surface area (Å²) >= 11 is 0. The van der Waals surface area contributed by atoms with Crippen LogP contribution in [-0.2, 0) is 0 Å². The number of aliphatic hydroxyl groups excluding tert-OH is 1. The standard InChI is InChI=1S/C16H22FNO2/c1-12(20)16-14(17)8-5-9-15(16)18(10-11-19)13-6-3-2-4-7-13/h5,8-9,13,19H,2-4,6-7,10-11H2,1H3. The van der Waals surface area contributed by atoms with Gasteiger partial charge in [-0.2, -0.15) is 0 Å². The fraction of sp³-hybridized carbons (Fsp3) is 0.562. The van der Waals surface area contributed by atoms with Gasteiger partial charge in [-0.25, -0.2) is 4.39 Å². The van der Waals surface area contributed by atoms with E-state index < -0.39 is 5.82 Å². The second-order valence-corrected chi connectivity index (χ2v) is 5.40. The molecule has 0 heterocycles. The second kappa shape index (κ2) is 6.84. The number of anilines is 1. The highest BCUT2D eigenvalue weighted by Gasteiger charge is 2.25. The summed E-state index contributed by atoms with van der Waals surface area (Å²) in [5.74, 6) is -0.745. The van der Waals surface area contributed by atoms with Crippen LogP contribution in [0.3, 0.4) is 0 Å². The molecule has 1 N–H and O–H groups in total. The van der Waals surface area contributed by atoms with E-state index in [0.717, 1.165) is 25.7 Å². The van der Waals surface area contributed by atoms with Gasteiger partial charge in [0, 0.05) is 12.6 Å². The number of nitrogens with zero attached hydrogens (tertiary/aromatic N) is 1. The molecule has 0 unspecified atom stereocenters. The van der Waals surface area contributed by atoms with E-state index >= 15 is 0 Å². The molecule has 0 aromatic heterocycles. The zero-order valence-corrected chi connectivity index (χ0v) is 11.9. The molecule has 0 spiro atoms. The van der Waals surface area contributed by atoms with Crippen molar-refractivity contribution in [3.63, 3.8) is 0 Å². The van der Waals surface area contributed by atoms with Crippen molar-refractivity contribution in [2.24, 2.45) is 0 Å². The molecule has 0 saturated heterocycles. The van der Waals surface area contributed by atoms with Crippen molar-refractivity contribution < 1.29 is 14.3 Å². The maximum absolute atomic E-state index is 14.0. The first-order valence-electron chi connectivity index (χ1n) is 7.32. The van der Waals surface area contributed by atoms with Crippen molar-refractivity contribution in [2.75, 3.05) is 18.1 Å². The number of rotatable bonds is 5. The molecule has 0 amide bonds. The number of benzene rings is 1. The van der Waals surface area contributed by atoms with E-state index in [4.69, 9.17) is 0 Å². The van der Waals surface area contributed by atoms with E-state index in [9.17, 15) is 14.3 Å². The highest BCUT2D eigenvalue weighted by Crippen LogP contribution is 2.30. The van der Waals surface area contributed by atoms with Gasteiger partial charge >= 0.3 is 0 Å². The molecule has 0 aliphatic heterocycles. The van der Waals surface area contributed by atoms with Crippen LogP contribution >= 0.6 is 0 Å². The molecular weight excluding hydrogens is 257 g/mol. The minimum absolute atomic E-state index is 0.00432. The molecule has 1 aliphatic rings. The summed E-state index contributed by atoms with van der Waals surface area (Å²) in [5, 5.41) is 9.31. The molecule has 3 nitrogen and oxygen atoms in total. The largest absolute Gasteiger partial charge is 0.395 e. The summed E-state index contributed by atoms with van der Waals surface area (Å²) in [6.45, 7) is 1.83. The van der Waals surface area contributed by atoms with E-state index in [1.807, 2.05) is 4.90 Å². The molecule has 110 valence electrons. The quantitative estimate of drug-likeness (QED) is 0.842. The lowest BCUT2D eigenvalue weighted by Gasteiger charge is -2.36. The predicted molar refractivity (Wildman–Crippen MR) is 77.7 cm³/mol. The summed E-state index contributed by atoms with van der Waals surface area (Å²) in [6.07, 6.45) is 5.60. The topological polar surface area (TPSA) is 40.5 Å². The Morgan fingerprint density at radius 1 is 1.35 bits per heavy atom. The van der Waals surface area contributed by atoms with Gasteiger partial charge in [-0.3, -0.25) is 4.79 Å². The lowest BCUT2D eigenvalue weighted by molar-refractivity contribution is 0.101. The third-order valence-corrected chi connectivity index (χ3v) is 4.01. The van der Waals surface area contributed by atoms with Gasteiger partial charge in [0.15, 0.2) is 5.78 Å². The highest BCUT2D eigenvalue weighted by molar-refractivity contribution is 6.00. The van der Waals surface area contributed by atoms with Crippen molar-refractivity contribution >= 4 is 11.5 Å². The maximum atomic E-state index is 14.0. The van der Waals surface area contributed by atoms with Crippen LogP contribution in [-0.4, -0.2) is 30.1 Å². The summed E-state index contributed by atoms with van der Waals surface area (Å²) in [6, 6.07) is 5.02. The third kappa shape index (κ3) is 3.18. The van der Waals surface area contributed by atoms with Gasteiger partial charge < -0.3 is 10.0 Å². The van der Waals surface area contributed by atoms with Gasteiger partial charge in [-0.15, -0.1) is 0 Å². The van der Waals surface area contributed by atoms with E-state index in [2.05, 4.69) is 0 Å². The fourth-order valence-electron chi connectivity index (χ4n) is 3.10. The van der Waals surface area contributed by atoms with Crippen molar-refractivity contribution in [1.29, 1.82) is 0 Å². The Balaban J connectivity index is 2.38. The number of aliphatic hydroxyl groups is 1. The Morgan fingerprint density at radius 3 is 2.65 bits per heavy atom. The minimum Gasteiger partial charge on any atom is -0.395 e. The van der Waals surface area contributed by atoms with Gasteiger partial charge in [0.2, 0.25) is 0 Å². The zero-order valence-electron chi connectivity index (χ0n) is 11.9. The maximum Gasteiger partial charge on any atom is 0.164 e. The number of ketones is 1. The number of hydrogen-bond acceptors (Lipinski definition) is 3. The SMILES string of the molecule is CC(=O)c1c(F)cccc1N(CCO)C1CCCCC1. The molecule has 2 rings (SSSR count). The lowest BCUT2D eigenvalue weighted by Crippen LogP contribution is -2.39. The number of carbonyl (C=O) groups excluding carboxylic acids is 1. The second-order valence-electron chi connectivity index (χ2n) is 5.40. The van der Waals surface area contributed by atoms with Gasteiger partial charge in [0.25, 0.3) is 0 Å². The average Bonchev–Trinajstić information content (AvgIpc) is 2.45. The summed E-state index contributed by atoms with van der Waals surface area (Å²) < 4.78 is 14.0. The highest BCUT2D eigenvalue weighted by atomic mass is 19.1. The van der Waals surface area contributed by atoms with Crippen LogP contribution in [0.4, 0.5) is 10.1 Å². The van der Waals surface area contributed by atoms with Crippen molar-refractivity contribution in [1.82, 2.24) is 0 Å². The van der Waals surface area contributed by atoms with Crippen LogP contribution in [0.25, 0.3) is 0 Å². The van der Waals surface area contributed by atoms with Crippen LogP contribution < -0.4 is 4.90 Å². The Hall–Kier alpha value is -1.42. The van der Waals surface area contributed by atoms with Crippen molar-refractivity contribution in [3.05, 3.63) is 29.6 Å². The van der Waals surface area contributed by atoms with Crippen LogP contribution in [0.1, 0.15) is 49.4 Å².